The second-order valence-corrected chi connectivity index (χ2v) is 3.24. The summed E-state index contributed by atoms with van der Waals surface area (Å²) in [6, 6.07) is 0. The largest absolute Gasteiger partial charge is 0.374 e. The molecule has 0 radical (unpaired) electrons. The summed E-state index contributed by atoms with van der Waals surface area (Å²) in [5.74, 6) is 2.39. The molecule has 1 heteroatoms. The number of unbranched alkanes of at least 4 members (excludes halogenated alkanes) is 2. The van der Waals surface area contributed by atoms with Crippen molar-refractivity contribution < 1.29 is 5.11 Å². The summed E-state index contributed by atoms with van der Waals surface area (Å²) < 4.78 is 0. The Kier molecular flexibility index (Phi) is 4.70. The summed E-state index contributed by atoms with van der Waals surface area (Å²) in [6.07, 6.45) is 9.07. The van der Waals surface area contributed by atoms with E-state index in [1.54, 1.807) is 6.92 Å². The van der Waals surface area contributed by atoms with Crippen LogP contribution in [0.25, 0.3) is 0 Å². The van der Waals surface area contributed by atoms with E-state index in [4.69, 9.17) is 6.42 Å². The van der Waals surface area contributed by atoms with Crippen LogP contribution in [0.1, 0.15) is 39.5 Å². The summed E-state index contributed by atoms with van der Waals surface area (Å²) in [6.45, 7) is 7.57. The monoisotopic (exact) mass is 166 g/mol. The molecule has 0 aromatic carbocycles. The predicted molar refractivity (Wildman–Crippen MR) is 52.7 cm³/mol. The Morgan fingerprint density at radius 3 is 2.50 bits per heavy atom. The van der Waals surface area contributed by atoms with Crippen molar-refractivity contribution >= 4 is 0 Å². The molecule has 0 spiro atoms. The van der Waals surface area contributed by atoms with Crippen molar-refractivity contribution in [2.24, 2.45) is 0 Å². The number of aliphatic hydroxyl groups is 1. The minimum Gasteiger partial charge on any atom is -0.374 e. The molecule has 1 N–H and O–H groups in total. The fourth-order valence-corrected chi connectivity index (χ4v) is 1.04. The Labute approximate surface area is 75.5 Å². The van der Waals surface area contributed by atoms with Gasteiger partial charge in [0.15, 0.2) is 0 Å². The molecular formula is C11H18O. The van der Waals surface area contributed by atoms with Crippen molar-refractivity contribution in [1.29, 1.82) is 0 Å². The Hall–Kier alpha value is -0.740. The van der Waals surface area contributed by atoms with Gasteiger partial charge in [0.05, 0.1) is 0 Å². The van der Waals surface area contributed by atoms with Gasteiger partial charge in [-0.05, 0) is 25.3 Å². The van der Waals surface area contributed by atoms with Crippen molar-refractivity contribution in [3.8, 4) is 12.3 Å². The van der Waals surface area contributed by atoms with Gasteiger partial charge in [-0.3, -0.25) is 0 Å². The van der Waals surface area contributed by atoms with Gasteiger partial charge >= 0.3 is 0 Å². The molecule has 0 bridgehead atoms. The van der Waals surface area contributed by atoms with E-state index in [1.807, 2.05) is 0 Å². The lowest BCUT2D eigenvalue weighted by Crippen LogP contribution is -2.27. The van der Waals surface area contributed by atoms with Crippen LogP contribution < -0.4 is 0 Å². The van der Waals surface area contributed by atoms with Gasteiger partial charge in [-0.2, -0.15) is 0 Å². The molecular weight excluding hydrogens is 148 g/mol. The maximum atomic E-state index is 9.79. The molecule has 12 heavy (non-hydrogen) atoms. The Balaban J connectivity index is 4.00. The molecule has 0 saturated carbocycles. The lowest BCUT2D eigenvalue weighted by molar-refractivity contribution is 0.127. The van der Waals surface area contributed by atoms with Gasteiger partial charge in [-0.1, -0.05) is 32.3 Å². The molecule has 1 atom stereocenters. The third kappa shape index (κ3) is 3.11. The molecule has 0 aliphatic heterocycles. The molecule has 1 nitrogen and oxygen atoms in total. The summed E-state index contributed by atoms with van der Waals surface area (Å²) in [5.41, 5.74) is -0.407. The minimum atomic E-state index is -1.07. The third-order valence-electron chi connectivity index (χ3n) is 2.09. The fourth-order valence-electron chi connectivity index (χ4n) is 1.04. The van der Waals surface area contributed by atoms with Gasteiger partial charge in [0.2, 0.25) is 0 Å². The van der Waals surface area contributed by atoms with Gasteiger partial charge < -0.3 is 5.11 Å². The smallest absolute Gasteiger partial charge is 0.146 e. The highest BCUT2D eigenvalue weighted by atomic mass is 16.3. The highest BCUT2D eigenvalue weighted by Crippen LogP contribution is 2.21. The molecule has 0 fully saturated rings. The molecule has 0 aromatic heterocycles. The van der Waals surface area contributed by atoms with E-state index in [2.05, 4.69) is 19.4 Å². The highest BCUT2D eigenvalue weighted by molar-refractivity contribution is 5.24. The summed E-state index contributed by atoms with van der Waals surface area (Å²) in [5, 5.41) is 9.79. The van der Waals surface area contributed by atoms with Gasteiger partial charge in [0.25, 0.3) is 0 Å². The Morgan fingerprint density at radius 2 is 2.17 bits per heavy atom. The quantitative estimate of drug-likeness (QED) is 0.378. The highest BCUT2D eigenvalue weighted by Gasteiger charge is 2.23. The molecule has 0 rings (SSSR count). The average Bonchev–Trinajstić information content (AvgIpc) is 2.04. The number of hydrogen-bond donors (Lipinski definition) is 1. The molecule has 0 aliphatic carbocycles. The van der Waals surface area contributed by atoms with E-state index in [9.17, 15) is 5.11 Å². The van der Waals surface area contributed by atoms with Gasteiger partial charge in [-0.15, -0.1) is 6.42 Å². The van der Waals surface area contributed by atoms with E-state index in [-0.39, 0.29) is 0 Å². The average molecular weight is 166 g/mol. The van der Waals surface area contributed by atoms with Crippen LogP contribution in [-0.4, -0.2) is 10.7 Å². The number of terminal acetylenes is 1. The molecule has 0 aromatic rings. The van der Waals surface area contributed by atoms with Gasteiger partial charge in [-0.25, -0.2) is 0 Å². The summed E-state index contributed by atoms with van der Waals surface area (Å²) in [7, 11) is 0. The van der Waals surface area contributed by atoms with Crippen LogP contribution in [0, 0.1) is 12.3 Å². The van der Waals surface area contributed by atoms with E-state index in [0.717, 1.165) is 19.3 Å². The zero-order valence-electron chi connectivity index (χ0n) is 8.06. The first-order chi connectivity index (χ1) is 5.56. The Bertz CT molecular complexity index is 188. The zero-order valence-corrected chi connectivity index (χ0v) is 8.06. The van der Waals surface area contributed by atoms with Crippen molar-refractivity contribution in [2.45, 2.75) is 45.1 Å². The molecule has 0 amide bonds. The van der Waals surface area contributed by atoms with Crippen LogP contribution in [0.3, 0.4) is 0 Å². The van der Waals surface area contributed by atoms with E-state index in [1.165, 1.54) is 0 Å². The number of rotatable bonds is 5. The number of hydrogen-bond acceptors (Lipinski definition) is 1. The minimum absolute atomic E-state index is 0.632. The van der Waals surface area contributed by atoms with Crippen molar-refractivity contribution in [1.82, 2.24) is 0 Å². The first-order valence-electron chi connectivity index (χ1n) is 4.43. The zero-order chi connectivity index (χ0) is 9.61. The maximum absolute atomic E-state index is 9.79. The van der Waals surface area contributed by atoms with Crippen LogP contribution in [0.15, 0.2) is 12.2 Å². The van der Waals surface area contributed by atoms with E-state index < -0.39 is 5.60 Å². The second-order valence-electron chi connectivity index (χ2n) is 3.24. The molecule has 0 heterocycles. The summed E-state index contributed by atoms with van der Waals surface area (Å²) in [4.78, 5) is 0. The van der Waals surface area contributed by atoms with Crippen molar-refractivity contribution in [3.63, 3.8) is 0 Å². The standard InChI is InChI=1S/C11H18O/c1-5-7-8-9-11(12,6-2)10(3)4/h2,12H,3,5,7-9H2,1,4H3. The summed E-state index contributed by atoms with van der Waals surface area (Å²) >= 11 is 0. The van der Waals surface area contributed by atoms with Crippen molar-refractivity contribution in [3.05, 3.63) is 12.2 Å². The normalized spacial score (nSPS) is 14.8. The molecule has 1 unspecified atom stereocenters. The van der Waals surface area contributed by atoms with E-state index in [0.29, 0.717) is 12.0 Å². The predicted octanol–water partition coefficient (Wildman–Crippen LogP) is 2.51. The SMILES string of the molecule is C#CC(O)(CCCCC)C(=C)C. The van der Waals surface area contributed by atoms with Gasteiger partial charge in [0, 0.05) is 0 Å². The molecule has 68 valence electrons. The molecule has 0 saturated heterocycles. The maximum Gasteiger partial charge on any atom is 0.146 e. The third-order valence-corrected chi connectivity index (χ3v) is 2.09. The van der Waals surface area contributed by atoms with Crippen LogP contribution in [0.4, 0.5) is 0 Å². The van der Waals surface area contributed by atoms with Gasteiger partial charge in [0.1, 0.15) is 5.60 Å². The first kappa shape index (κ1) is 11.3. The fraction of sp³-hybridized carbons (Fsp3) is 0.636. The molecule has 0 aliphatic rings. The lowest BCUT2D eigenvalue weighted by atomic mass is 9.91. The van der Waals surface area contributed by atoms with Crippen molar-refractivity contribution in [2.75, 3.05) is 0 Å². The van der Waals surface area contributed by atoms with Crippen LogP contribution in [0.2, 0.25) is 0 Å². The van der Waals surface area contributed by atoms with E-state index >= 15 is 0 Å². The van der Waals surface area contributed by atoms with Crippen LogP contribution >= 0.6 is 0 Å². The lowest BCUT2D eigenvalue weighted by Gasteiger charge is -2.22. The van der Waals surface area contributed by atoms with Crippen LogP contribution in [-0.2, 0) is 0 Å². The first-order valence-corrected chi connectivity index (χ1v) is 4.43. The Morgan fingerprint density at radius 1 is 1.58 bits per heavy atom. The topological polar surface area (TPSA) is 20.2 Å². The van der Waals surface area contributed by atoms with Crippen LogP contribution in [0.5, 0.6) is 0 Å². The second kappa shape index (κ2) is 5.00.